The molecule has 0 saturated heterocycles. The Balaban J connectivity index is 1.60. The quantitative estimate of drug-likeness (QED) is 0.748. The Morgan fingerprint density at radius 1 is 1.26 bits per heavy atom. The fraction of sp³-hybridized carbons (Fsp3) is 0.333. The molecule has 0 spiro atoms. The minimum atomic E-state index is -0.445. The molecule has 27 heavy (non-hydrogen) atoms. The highest BCUT2D eigenvalue weighted by Crippen LogP contribution is 2.32. The van der Waals surface area contributed by atoms with Crippen LogP contribution in [-0.4, -0.2) is 48.0 Å². The van der Waals surface area contributed by atoms with Crippen molar-refractivity contribution in [3.63, 3.8) is 0 Å². The van der Waals surface area contributed by atoms with Crippen molar-refractivity contribution in [1.29, 1.82) is 0 Å². The minimum absolute atomic E-state index is 0.294. The number of ether oxygens (including phenoxy) is 2. The smallest absolute Gasteiger partial charge is 0.171 e. The summed E-state index contributed by atoms with van der Waals surface area (Å²) in [5.74, 6) is 2.39. The normalized spacial score (nSPS) is 14.6. The van der Waals surface area contributed by atoms with Crippen LogP contribution in [0.4, 0.5) is 5.82 Å². The summed E-state index contributed by atoms with van der Waals surface area (Å²) in [6, 6.07) is 11.7. The second kappa shape index (κ2) is 7.40. The van der Waals surface area contributed by atoms with Crippen LogP contribution in [0.2, 0.25) is 0 Å². The number of aliphatic hydroxyl groups excluding tert-OH is 1. The summed E-state index contributed by atoms with van der Waals surface area (Å²) in [7, 11) is 2.02. The van der Waals surface area contributed by atoms with E-state index in [-0.39, 0.29) is 0 Å². The summed E-state index contributed by atoms with van der Waals surface area (Å²) in [5.41, 5.74) is 2.66. The molecule has 1 unspecified atom stereocenters. The van der Waals surface area contributed by atoms with Gasteiger partial charge in [-0.1, -0.05) is 13.0 Å². The molecule has 3 aromatic rings. The fourth-order valence-electron chi connectivity index (χ4n) is 3.03. The predicted octanol–water partition coefficient (Wildman–Crippen LogP) is 3.28. The Morgan fingerprint density at radius 3 is 3.00 bits per heavy atom. The van der Waals surface area contributed by atoms with E-state index in [0.29, 0.717) is 19.6 Å². The molecule has 1 aliphatic heterocycles. The molecule has 1 atom stereocenters. The van der Waals surface area contributed by atoms with Gasteiger partial charge in [-0.15, -0.1) is 0 Å². The van der Waals surface area contributed by atoms with Gasteiger partial charge >= 0.3 is 0 Å². The highest BCUT2D eigenvalue weighted by Gasteiger charge is 2.17. The van der Waals surface area contributed by atoms with Crippen molar-refractivity contribution in [1.82, 2.24) is 9.97 Å². The second-order valence-corrected chi connectivity index (χ2v) is 6.74. The molecule has 1 aromatic carbocycles. The molecule has 1 aliphatic rings. The van der Waals surface area contributed by atoms with Crippen molar-refractivity contribution in [2.45, 2.75) is 19.4 Å². The Hall–Kier alpha value is -2.86. The van der Waals surface area contributed by atoms with E-state index in [1.165, 1.54) is 0 Å². The number of anilines is 1. The third-order valence-corrected chi connectivity index (χ3v) is 4.75. The van der Waals surface area contributed by atoms with Crippen LogP contribution < -0.4 is 14.4 Å². The SMILES string of the molecule is CCC(O)COc1ccc2nc(-c3cnc4c(c3)OCCN4C)ccc2c1. The molecule has 1 N–H and O–H groups in total. The van der Waals surface area contributed by atoms with Crippen molar-refractivity contribution in [2.75, 3.05) is 31.7 Å². The van der Waals surface area contributed by atoms with Gasteiger partial charge in [-0.25, -0.2) is 9.97 Å². The Kier molecular flexibility index (Phi) is 4.81. The number of rotatable bonds is 5. The van der Waals surface area contributed by atoms with E-state index in [1.54, 1.807) is 0 Å². The third-order valence-electron chi connectivity index (χ3n) is 4.75. The molecule has 6 nitrogen and oxygen atoms in total. The van der Waals surface area contributed by atoms with E-state index < -0.39 is 6.10 Å². The van der Waals surface area contributed by atoms with Crippen molar-refractivity contribution in [3.05, 3.63) is 42.6 Å². The van der Waals surface area contributed by atoms with Crippen molar-refractivity contribution < 1.29 is 14.6 Å². The van der Waals surface area contributed by atoms with Gasteiger partial charge in [0.2, 0.25) is 0 Å². The van der Waals surface area contributed by atoms with Crippen molar-refractivity contribution in [2.24, 2.45) is 0 Å². The zero-order valence-electron chi connectivity index (χ0n) is 15.6. The Labute approximate surface area is 158 Å². The maximum Gasteiger partial charge on any atom is 0.171 e. The maximum atomic E-state index is 9.64. The van der Waals surface area contributed by atoms with Gasteiger partial charge in [-0.3, -0.25) is 0 Å². The monoisotopic (exact) mass is 365 g/mol. The van der Waals surface area contributed by atoms with Gasteiger partial charge in [-0.2, -0.15) is 0 Å². The first kappa shape index (κ1) is 17.5. The van der Waals surface area contributed by atoms with E-state index in [4.69, 9.17) is 14.5 Å². The number of hydrogen-bond donors (Lipinski definition) is 1. The molecular weight excluding hydrogens is 342 g/mol. The number of aliphatic hydroxyl groups is 1. The van der Waals surface area contributed by atoms with Gasteiger partial charge < -0.3 is 19.5 Å². The first-order chi connectivity index (χ1) is 13.1. The molecular formula is C21H23N3O3. The van der Waals surface area contributed by atoms with E-state index in [0.717, 1.165) is 46.0 Å². The van der Waals surface area contributed by atoms with Gasteiger partial charge in [-0.05, 0) is 36.8 Å². The average molecular weight is 365 g/mol. The molecule has 0 aliphatic carbocycles. The van der Waals surface area contributed by atoms with Gasteiger partial charge in [0.05, 0.1) is 23.9 Å². The number of benzene rings is 1. The minimum Gasteiger partial charge on any atom is -0.491 e. The van der Waals surface area contributed by atoms with Gasteiger partial charge in [0, 0.05) is 24.2 Å². The number of aromatic nitrogens is 2. The lowest BCUT2D eigenvalue weighted by molar-refractivity contribution is 0.104. The highest BCUT2D eigenvalue weighted by atomic mass is 16.5. The number of likely N-dealkylation sites (N-methyl/N-ethyl adjacent to an activating group) is 1. The van der Waals surface area contributed by atoms with Crippen LogP contribution in [-0.2, 0) is 0 Å². The predicted molar refractivity (Wildman–Crippen MR) is 106 cm³/mol. The van der Waals surface area contributed by atoms with Crippen molar-refractivity contribution in [3.8, 4) is 22.8 Å². The first-order valence-corrected chi connectivity index (χ1v) is 9.20. The van der Waals surface area contributed by atoms with Gasteiger partial charge in [0.1, 0.15) is 19.0 Å². The van der Waals surface area contributed by atoms with Crippen LogP contribution in [0.25, 0.3) is 22.2 Å². The lowest BCUT2D eigenvalue weighted by atomic mass is 10.1. The van der Waals surface area contributed by atoms with Gasteiger partial charge in [0.25, 0.3) is 0 Å². The molecule has 2 aromatic heterocycles. The molecule has 0 radical (unpaired) electrons. The summed E-state index contributed by atoms with van der Waals surface area (Å²) in [6.07, 6.45) is 2.06. The lowest BCUT2D eigenvalue weighted by Crippen LogP contribution is -2.29. The van der Waals surface area contributed by atoms with Crippen molar-refractivity contribution >= 4 is 16.7 Å². The summed E-state index contributed by atoms with van der Waals surface area (Å²) in [5, 5.41) is 10.6. The largest absolute Gasteiger partial charge is 0.491 e. The van der Waals surface area contributed by atoms with Crippen LogP contribution in [0.1, 0.15) is 13.3 Å². The summed E-state index contributed by atoms with van der Waals surface area (Å²) >= 11 is 0. The second-order valence-electron chi connectivity index (χ2n) is 6.74. The van der Waals surface area contributed by atoms with Crippen LogP contribution in [0.5, 0.6) is 11.5 Å². The average Bonchev–Trinajstić information content (AvgIpc) is 2.71. The summed E-state index contributed by atoms with van der Waals surface area (Å²) in [4.78, 5) is 11.4. The number of hydrogen-bond acceptors (Lipinski definition) is 6. The van der Waals surface area contributed by atoms with E-state index in [2.05, 4.69) is 9.88 Å². The summed E-state index contributed by atoms with van der Waals surface area (Å²) < 4.78 is 11.4. The first-order valence-electron chi connectivity index (χ1n) is 9.20. The van der Waals surface area contributed by atoms with Gasteiger partial charge in [0.15, 0.2) is 11.6 Å². The zero-order valence-corrected chi connectivity index (χ0v) is 15.6. The molecule has 0 saturated carbocycles. The van der Waals surface area contributed by atoms with E-state index in [1.807, 2.05) is 56.6 Å². The standard InChI is InChI=1S/C21H23N3O3/c1-3-16(25)13-27-17-5-7-18-14(10-17)4-6-19(23-18)15-11-20-21(22-12-15)24(2)8-9-26-20/h4-7,10-12,16,25H,3,8-9,13H2,1-2H3. The third kappa shape index (κ3) is 3.66. The molecule has 140 valence electrons. The van der Waals surface area contributed by atoms with Crippen LogP contribution in [0.3, 0.4) is 0 Å². The number of fused-ring (bicyclic) bond motifs is 2. The van der Waals surface area contributed by atoms with E-state index in [9.17, 15) is 5.11 Å². The molecule has 0 fully saturated rings. The molecule has 0 amide bonds. The highest BCUT2D eigenvalue weighted by molar-refractivity contribution is 5.83. The Bertz CT molecular complexity index is 961. The fourth-order valence-corrected chi connectivity index (χ4v) is 3.03. The molecule has 3 heterocycles. The lowest BCUT2D eigenvalue weighted by Gasteiger charge is -2.26. The zero-order chi connectivity index (χ0) is 18.8. The summed E-state index contributed by atoms with van der Waals surface area (Å²) in [6.45, 7) is 3.73. The van der Waals surface area contributed by atoms with Crippen LogP contribution >= 0.6 is 0 Å². The van der Waals surface area contributed by atoms with Crippen LogP contribution in [0.15, 0.2) is 42.6 Å². The van der Waals surface area contributed by atoms with E-state index >= 15 is 0 Å². The molecule has 0 bridgehead atoms. The number of nitrogens with zero attached hydrogens (tertiary/aromatic N) is 3. The molecule has 6 heteroatoms. The Morgan fingerprint density at radius 2 is 2.15 bits per heavy atom. The number of pyridine rings is 2. The van der Waals surface area contributed by atoms with Crippen LogP contribution in [0, 0.1) is 0 Å². The maximum absolute atomic E-state index is 9.64. The molecule has 4 rings (SSSR count). The topological polar surface area (TPSA) is 67.7 Å².